The van der Waals surface area contributed by atoms with Crippen LogP contribution < -0.4 is 38.1 Å². The summed E-state index contributed by atoms with van der Waals surface area (Å²) in [4.78, 5) is 87.3. The molecule has 0 heterocycles. The lowest BCUT2D eigenvalue weighted by Gasteiger charge is -2.28. The van der Waals surface area contributed by atoms with E-state index in [1.165, 1.54) is 6.92 Å². The molecule has 0 saturated heterocycles. The van der Waals surface area contributed by atoms with Crippen molar-refractivity contribution in [2.45, 2.75) is 122 Å². The molecule has 1 rings (SSSR count). The van der Waals surface area contributed by atoms with Gasteiger partial charge in [-0.3, -0.25) is 33.6 Å². The second kappa shape index (κ2) is 19.7. The van der Waals surface area contributed by atoms with Gasteiger partial charge in [0.1, 0.15) is 24.2 Å². The summed E-state index contributed by atoms with van der Waals surface area (Å²) in [5, 5.41) is 31.7. The van der Waals surface area contributed by atoms with Gasteiger partial charge in [0.15, 0.2) is 0 Å². The fourth-order valence-corrected chi connectivity index (χ4v) is 5.21. The highest BCUT2D eigenvalue weighted by Crippen LogP contribution is 2.27. The molecule has 11 N–H and O–H groups in total. The Bertz CT molecular complexity index is 1080. The number of rotatable bonds is 19. The third-order valence-corrected chi connectivity index (χ3v) is 7.95. The minimum absolute atomic E-state index is 0.275. The van der Waals surface area contributed by atoms with Gasteiger partial charge in [0.2, 0.25) is 35.4 Å². The zero-order valence-electron chi connectivity index (χ0n) is 27.5. The van der Waals surface area contributed by atoms with Gasteiger partial charge in [-0.05, 0) is 37.5 Å². The van der Waals surface area contributed by atoms with E-state index in [0.29, 0.717) is 6.42 Å². The molecule has 0 aliphatic heterocycles. The van der Waals surface area contributed by atoms with Crippen molar-refractivity contribution < 1.29 is 43.8 Å². The largest absolute Gasteiger partial charge is 0.481 e. The maximum Gasteiger partial charge on any atom is 0.303 e. The number of carbonyl (C=O) groups is 7. The van der Waals surface area contributed by atoms with E-state index in [1.54, 1.807) is 27.7 Å². The highest BCUT2D eigenvalue weighted by Gasteiger charge is 2.34. The number of primary amides is 1. The lowest BCUT2D eigenvalue weighted by Crippen LogP contribution is -2.61. The Balaban J connectivity index is 2.93. The number of nitrogens with one attached hydrogen (secondary N) is 5. The molecule has 1 saturated carbocycles. The third kappa shape index (κ3) is 14.1. The molecule has 0 bridgehead atoms. The van der Waals surface area contributed by atoms with Gasteiger partial charge < -0.3 is 48.3 Å². The first-order valence-electron chi connectivity index (χ1n) is 15.9. The van der Waals surface area contributed by atoms with E-state index in [-0.39, 0.29) is 18.3 Å². The van der Waals surface area contributed by atoms with Crippen LogP contribution in [0.3, 0.4) is 0 Å². The first kappa shape index (κ1) is 40.2. The number of hydrogen-bond donors (Lipinski definition) is 9. The highest BCUT2D eigenvalue weighted by atomic mass is 16.4. The van der Waals surface area contributed by atoms with Crippen LogP contribution in [0.4, 0.5) is 0 Å². The molecule has 16 nitrogen and oxygen atoms in total. The molecule has 0 aromatic rings. The lowest BCUT2D eigenvalue weighted by atomic mass is 9.85. The monoisotopic (exact) mass is 655 g/mol. The van der Waals surface area contributed by atoms with Gasteiger partial charge in [0, 0.05) is 6.42 Å². The summed E-state index contributed by atoms with van der Waals surface area (Å²) in [6, 6.07) is -6.02. The van der Waals surface area contributed by atoms with Crippen LogP contribution in [0, 0.1) is 17.8 Å². The van der Waals surface area contributed by atoms with Crippen molar-refractivity contribution in [3.8, 4) is 0 Å². The molecule has 46 heavy (non-hydrogen) atoms. The van der Waals surface area contributed by atoms with Crippen molar-refractivity contribution in [1.82, 2.24) is 26.6 Å². The summed E-state index contributed by atoms with van der Waals surface area (Å²) in [6.07, 6.45) is 3.32. The quantitative estimate of drug-likeness (QED) is 0.0767. The van der Waals surface area contributed by atoms with E-state index in [2.05, 4.69) is 26.6 Å². The van der Waals surface area contributed by atoms with Crippen molar-refractivity contribution >= 4 is 41.4 Å². The summed E-state index contributed by atoms with van der Waals surface area (Å²) in [7, 11) is 0. The maximum absolute atomic E-state index is 13.2. The van der Waals surface area contributed by atoms with Crippen molar-refractivity contribution in [1.29, 1.82) is 0 Å². The van der Waals surface area contributed by atoms with Crippen LogP contribution in [-0.2, 0) is 33.6 Å². The number of aliphatic hydroxyl groups excluding tert-OH is 1. The minimum atomic E-state index is -1.59. The van der Waals surface area contributed by atoms with Crippen molar-refractivity contribution in [2.24, 2.45) is 29.2 Å². The van der Waals surface area contributed by atoms with Gasteiger partial charge in [-0.2, -0.15) is 0 Å². The summed E-state index contributed by atoms with van der Waals surface area (Å²) in [6.45, 7) is 7.33. The van der Waals surface area contributed by atoms with Gasteiger partial charge in [-0.25, -0.2) is 0 Å². The fraction of sp³-hybridized carbons (Fsp3) is 0.767. The Labute approximate surface area is 269 Å². The molecule has 262 valence electrons. The smallest absolute Gasteiger partial charge is 0.303 e. The molecule has 0 aromatic carbocycles. The molecular weight excluding hydrogens is 602 g/mol. The number of hydrogen-bond acceptors (Lipinski definition) is 9. The van der Waals surface area contributed by atoms with Crippen LogP contribution in [0.5, 0.6) is 0 Å². The predicted molar refractivity (Wildman–Crippen MR) is 167 cm³/mol. The first-order chi connectivity index (χ1) is 21.4. The Hall–Kier alpha value is -3.79. The maximum atomic E-state index is 13.2. The van der Waals surface area contributed by atoms with Gasteiger partial charge in [-0.1, -0.05) is 59.8 Å². The normalized spacial score (nSPS) is 17.5. The molecular formula is C30H53N7O9. The van der Waals surface area contributed by atoms with E-state index < -0.39 is 96.6 Å². The fourth-order valence-electron chi connectivity index (χ4n) is 5.21. The van der Waals surface area contributed by atoms with Crippen LogP contribution in [-0.4, -0.2) is 94.5 Å². The number of carbonyl (C=O) groups excluding carboxylic acids is 6. The van der Waals surface area contributed by atoms with Crippen LogP contribution >= 0.6 is 0 Å². The van der Waals surface area contributed by atoms with Crippen LogP contribution in [0.15, 0.2) is 0 Å². The van der Waals surface area contributed by atoms with Crippen molar-refractivity contribution in [2.75, 3.05) is 6.54 Å². The molecule has 0 unspecified atom stereocenters. The first-order valence-corrected chi connectivity index (χ1v) is 15.9. The van der Waals surface area contributed by atoms with Crippen LogP contribution in [0.25, 0.3) is 0 Å². The zero-order valence-corrected chi connectivity index (χ0v) is 27.5. The standard InChI is InChI=1S/C30H53N7O9/c1-15(2)23(26(32)42)35-21(39)14-33-29(45)24(16(3)4)36-30(46)25(17(5)38)37-28(44)20(11-12-22(40)41)34-27(43)19(31)13-18-9-7-6-8-10-18/h15-20,23-25,38H,6-14,31H2,1-5H3,(H2,32,42)(H,33,45)(H,34,43)(H,35,39)(H,36,46)(H,37,44)(H,40,41)/t17-,19+,20+,23+,24+,25+/m1/s1. The SMILES string of the molecule is CC(C)[C@H](NC(=O)CNC(=O)[C@@H](NC(=O)[C@@H](NC(=O)[C@H](CCC(=O)O)NC(=O)[C@@H](N)CC1CCCCC1)[C@@H](C)O)C(C)C)C(N)=O. The van der Waals surface area contributed by atoms with E-state index >= 15 is 0 Å². The number of amides is 6. The number of carboxylic acids is 1. The number of aliphatic carboxylic acids is 1. The Kier molecular flexibility index (Phi) is 17.2. The molecule has 0 spiro atoms. The Morgan fingerprint density at radius 3 is 1.80 bits per heavy atom. The zero-order chi connectivity index (χ0) is 35.1. The molecule has 1 aliphatic carbocycles. The number of nitrogens with two attached hydrogens (primary N) is 2. The summed E-state index contributed by atoms with van der Waals surface area (Å²) >= 11 is 0. The Morgan fingerprint density at radius 1 is 0.739 bits per heavy atom. The highest BCUT2D eigenvalue weighted by molar-refractivity contribution is 5.96. The van der Waals surface area contributed by atoms with Crippen molar-refractivity contribution in [3.63, 3.8) is 0 Å². The van der Waals surface area contributed by atoms with Crippen molar-refractivity contribution in [3.05, 3.63) is 0 Å². The van der Waals surface area contributed by atoms with E-state index in [4.69, 9.17) is 11.5 Å². The summed E-state index contributed by atoms with van der Waals surface area (Å²) in [5.41, 5.74) is 11.4. The number of carboxylic acid groups (broad SMARTS) is 1. The van der Waals surface area contributed by atoms with E-state index in [1.807, 2.05) is 0 Å². The van der Waals surface area contributed by atoms with Crippen LogP contribution in [0.2, 0.25) is 0 Å². The van der Waals surface area contributed by atoms with E-state index in [9.17, 15) is 43.8 Å². The van der Waals surface area contributed by atoms with E-state index in [0.717, 1.165) is 32.1 Å². The predicted octanol–water partition coefficient (Wildman–Crippen LogP) is -1.62. The molecule has 0 aromatic heterocycles. The molecule has 16 heteroatoms. The molecule has 6 atom stereocenters. The molecule has 0 radical (unpaired) electrons. The van der Waals surface area contributed by atoms with Crippen LogP contribution in [0.1, 0.15) is 86.0 Å². The molecule has 6 amide bonds. The second-order valence-corrected chi connectivity index (χ2v) is 12.7. The third-order valence-electron chi connectivity index (χ3n) is 7.95. The average Bonchev–Trinajstić information content (AvgIpc) is 2.97. The summed E-state index contributed by atoms with van der Waals surface area (Å²) in [5.74, 6) is -6.37. The average molecular weight is 656 g/mol. The topological polar surface area (TPSA) is 272 Å². The Morgan fingerprint density at radius 2 is 1.30 bits per heavy atom. The van der Waals surface area contributed by atoms with Gasteiger partial charge >= 0.3 is 5.97 Å². The molecule has 1 aliphatic rings. The lowest BCUT2D eigenvalue weighted by molar-refractivity contribution is -0.139. The minimum Gasteiger partial charge on any atom is -0.481 e. The molecule has 1 fully saturated rings. The summed E-state index contributed by atoms with van der Waals surface area (Å²) < 4.78 is 0. The van der Waals surface area contributed by atoms with Gasteiger partial charge in [-0.15, -0.1) is 0 Å². The van der Waals surface area contributed by atoms with Gasteiger partial charge in [0.05, 0.1) is 18.7 Å². The van der Waals surface area contributed by atoms with Gasteiger partial charge in [0.25, 0.3) is 0 Å². The number of aliphatic hydroxyl groups is 1. The second-order valence-electron chi connectivity index (χ2n) is 12.7.